The third-order valence-electron chi connectivity index (χ3n) is 5.11. The lowest BCUT2D eigenvalue weighted by atomic mass is 9.93. The highest BCUT2D eigenvalue weighted by molar-refractivity contribution is 5.91. The van der Waals surface area contributed by atoms with Crippen LogP contribution in [0, 0.1) is 0 Å². The first kappa shape index (κ1) is 26.8. The second-order valence-corrected chi connectivity index (χ2v) is 8.14. The zero-order valence-electron chi connectivity index (χ0n) is 18.9. The summed E-state index contributed by atoms with van der Waals surface area (Å²) in [5, 5.41) is 14.6. The largest absolute Gasteiger partial charge is 0.573 e. The van der Waals surface area contributed by atoms with Gasteiger partial charge < -0.3 is 30.0 Å². The molecule has 0 aliphatic heterocycles. The predicted molar refractivity (Wildman–Crippen MR) is 117 cm³/mol. The Morgan fingerprint density at radius 3 is 2.22 bits per heavy atom. The van der Waals surface area contributed by atoms with Crippen molar-refractivity contribution >= 4 is 17.7 Å². The number of benzene rings is 2. The number of rotatable bonds is 8. The van der Waals surface area contributed by atoms with E-state index in [1.165, 1.54) is 24.3 Å². The van der Waals surface area contributed by atoms with Gasteiger partial charge in [0.25, 0.3) is 0 Å². The average molecular weight is 518 g/mol. The van der Waals surface area contributed by atoms with Gasteiger partial charge in [0, 0.05) is 24.7 Å². The summed E-state index contributed by atoms with van der Waals surface area (Å²) < 4.78 is 77.2. The molecule has 0 heterocycles. The number of amides is 2. The topological polar surface area (TPSA) is 106 Å². The van der Waals surface area contributed by atoms with Gasteiger partial charge >= 0.3 is 24.5 Å². The van der Waals surface area contributed by atoms with Crippen LogP contribution >= 0.6 is 0 Å². The van der Waals surface area contributed by atoms with Crippen LogP contribution in [0.2, 0.25) is 0 Å². The van der Waals surface area contributed by atoms with E-state index in [4.69, 9.17) is 4.74 Å². The quantitative estimate of drug-likeness (QED) is 0.382. The molecule has 1 aliphatic carbocycles. The van der Waals surface area contributed by atoms with Crippen molar-refractivity contribution in [3.63, 3.8) is 0 Å². The fourth-order valence-electron chi connectivity index (χ4n) is 3.68. The zero-order valence-corrected chi connectivity index (χ0v) is 18.9. The Hall–Kier alpha value is -3.77. The number of carboxylic acids is 1. The van der Waals surface area contributed by atoms with Gasteiger partial charge in [-0.3, -0.25) is 0 Å². The van der Waals surface area contributed by atoms with Crippen molar-refractivity contribution in [1.82, 2.24) is 5.32 Å². The monoisotopic (exact) mass is 518 g/mol. The van der Waals surface area contributed by atoms with E-state index < -0.39 is 41.9 Å². The van der Waals surface area contributed by atoms with Crippen molar-refractivity contribution in [2.75, 3.05) is 5.32 Å². The van der Waals surface area contributed by atoms with Gasteiger partial charge in [0.05, 0.1) is 6.10 Å². The Morgan fingerprint density at radius 2 is 1.61 bits per heavy atom. The third-order valence-corrected chi connectivity index (χ3v) is 5.11. The smallest absolute Gasteiger partial charge is 0.490 e. The maximum atomic E-state index is 13.0. The van der Waals surface area contributed by atoms with Crippen LogP contribution in [0.4, 0.5) is 32.4 Å². The summed E-state index contributed by atoms with van der Waals surface area (Å²) in [6, 6.07) is 7.58. The second kappa shape index (κ2) is 10.9. The van der Waals surface area contributed by atoms with Gasteiger partial charge in [0.2, 0.25) is 0 Å². The highest BCUT2D eigenvalue weighted by Gasteiger charge is 2.32. The van der Waals surface area contributed by atoms with E-state index in [2.05, 4.69) is 20.1 Å². The Kier molecular flexibility index (Phi) is 8.10. The van der Waals surface area contributed by atoms with Gasteiger partial charge in [-0.2, -0.15) is 8.78 Å². The number of hydrogen-bond donors (Lipinski definition) is 3. The summed E-state index contributed by atoms with van der Waals surface area (Å²) in [6.45, 7) is 0.597. The summed E-state index contributed by atoms with van der Waals surface area (Å²) in [4.78, 5) is 23.8. The molecule has 1 aliphatic rings. The number of alkyl halides is 5. The minimum absolute atomic E-state index is 0.0917. The molecule has 0 bridgehead atoms. The lowest BCUT2D eigenvalue weighted by Crippen LogP contribution is -2.41. The molecule has 0 spiro atoms. The lowest BCUT2D eigenvalue weighted by Gasteiger charge is -2.30. The predicted octanol–water partition coefficient (Wildman–Crippen LogP) is 5.79. The molecule has 2 amide bonds. The zero-order chi connectivity index (χ0) is 26.5. The summed E-state index contributed by atoms with van der Waals surface area (Å²) in [7, 11) is 0. The number of carbonyl (C=O) groups excluding carboxylic acids is 1. The molecule has 0 aromatic heterocycles. The van der Waals surface area contributed by atoms with Crippen LogP contribution < -0.4 is 24.8 Å². The molecule has 2 aromatic rings. The molecule has 0 saturated heterocycles. The van der Waals surface area contributed by atoms with Gasteiger partial charge in [-0.05, 0) is 56.0 Å². The van der Waals surface area contributed by atoms with Crippen molar-refractivity contribution in [2.45, 2.75) is 57.2 Å². The van der Waals surface area contributed by atoms with Gasteiger partial charge in [0.1, 0.15) is 22.8 Å². The molecule has 0 unspecified atom stereocenters. The van der Waals surface area contributed by atoms with E-state index in [1.54, 1.807) is 0 Å². The minimum Gasteiger partial charge on any atom is -0.490 e. The normalized spacial score (nSPS) is 18.2. The lowest BCUT2D eigenvalue weighted by molar-refractivity contribution is -0.274. The van der Waals surface area contributed by atoms with Crippen LogP contribution in [0.15, 0.2) is 42.5 Å². The van der Waals surface area contributed by atoms with Gasteiger partial charge in [-0.25, -0.2) is 9.59 Å². The minimum atomic E-state index is -4.96. The van der Waals surface area contributed by atoms with Crippen LogP contribution in [0.3, 0.4) is 0 Å². The number of ether oxygens (including phenoxy) is 3. The first-order valence-corrected chi connectivity index (χ1v) is 10.8. The number of nitrogens with one attached hydrogen (secondary N) is 2. The molecule has 2 aromatic carbocycles. The molecule has 0 radical (unpaired) electrons. The summed E-state index contributed by atoms with van der Waals surface area (Å²) in [6.07, 6.45) is -6.88. The Morgan fingerprint density at radius 1 is 0.944 bits per heavy atom. The average Bonchev–Trinajstić information content (AvgIpc) is 2.74. The fraction of sp³-hybridized carbons (Fsp3) is 0.391. The summed E-state index contributed by atoms with van der Waals surface area (Å²) in [5.41, 5.74) is -0.214. The Labute approximate surface area is 202 Å². The number of hydrogen-bond acceptors (Lipinski definition) is 5. The molecular weight excluding hydrogens is 495 g/mol. The van der Waals surface area contributed by atoms with Gasteiger partial charge in [-0.15, -0.1) is 13.2 Å². The third kappa shape index (κ3) is 8.47. The standard InChI is InChI=1S/C23H23F5N2O6/c1-22(24,25)35-16-4-2-3-14(11-16)30-21(33)29-13-5-7-15(8-6-13)34-19-10-9-17(36-23(26,27)28)12-18(19)20(31)32/h2-4,9-13,15H,5-8H2,1H3,(H,31,32)(H2,29,30,33). The number of aromatic carboxylic acids is 1. The van der Waals surface area contributed by atoms with Crippen LogP contribution in [-0.4, -0.2) is 41.7 Å². The first-order valence-electron chi connectivity index (χ1n) is 10.8. The Balaban J connectivity index is 1.51. The molecular formula is C23H23F5N2O6. The van der Waals surface area contributed by atoms with E-state index in [9.17, 15) is 36.6 Å². The number of halogens is 5. The summed E-state index contributed by atoms with van der Waals surface area (Å²) >= 11 is 0. The van der Waals surface area contributed by atoms with E-state index >= 15 is 0 Å². The van der Waals surface area contributed by atoms with E-state index in [0.29, 0.717) is 32.6 Å². The van der Waals surface area contributed by atoms with E-state index in [0.717, 1.165) is 18.2 Å². The fourth-order valence-corrected chi connectivity index (χ4v) is 3.68. The summed E-state index contributed by atoms with van der Waals surface area (Å²) in [5.74, 6) is -2.35. The van der Waals surface area contributed by atoms with Crippen LogP contribution in [0.25, 0.3) is 0 Å². The number of carbonyl (C=O) groups is 2. The SMILES string of the molecule is CC(F)(F)Oc1cccc(NC(=O)NC2CCC(Oc3ccc(OC(F)(F)F)cc3C(=O)O)CC2)c1. The molecule has 0 atom stereocenters. The van der Waals surface area contributed by atoms with Gasteiger partial charge in [0.15, 0.2) is 0 Å². The molecule has 196 valence electrons. The van der Waals surface area contributed by atoms with Crippen LogP contribution in [0.5, 0.6) is 17.2 Å². The van der Waals surface area contributed by atoms with Crippen LogP contribution in [-0.2, 0) is 0 Å². The Bertz CT molecular complexity index is 1080. The molecule has 1 saturated carbocycles. The van der Waals surface area contributed by atoms with Crippen molar-refractivity contribution in [3.8, 4) is 17.2 Å². The maximum absolute atomic E-state index is 13.0. The van der Waals surface area contributed by atoms with Crippen molar-refractivity contribution < 1.29 is 50.9 Å². The molecule has 3 N–H and O–H groups in total. The van der Waals surface area contributed by atoms with Gasteiger partial charge in [-0.1, -0.05) is 6.07 Å². The maximum Gasteiger partial charge on any atom is 0.573 e. The van der Waals surface area contributed by atoms with Crippen molar-refractivity contribution in [3.05, 3.63) is 48.0 Å². The first-order chi connectivity index (χ1) is 16.8. The molecule has 13 heteroatoms. The second-order valence-electron chi connectivity index (χ2n) is 8.14. The molecule has 8 nitrogen and oxygen atoms in total. The number of anilines is 1. The van der Waals surface area contributed by atoms with Crippen molar-refractivity contribution in [2.24, 2.45) is 0 Å². The highest BCUT2D eigenvalue weighted by atomic mass is 19.4. The number of urea groups is 1. The van der Waals surface area contributed by atoms with E-state index in [1.807, 2.05) is 0 Å². The highest BCUT2D eigenvalue weighted by Crippen LogP contribution is 2.31. The van der Waals surface area contributed by atoms with Crippen LogP contribution in [0.1, 0.15) is 43.0 Å². The van der Waals surface area contributed by atoms with Crippen molar-refractivity contribution in [1.29, 1.82) is 0 Å². The molecule has 1 fully saturated rings. The molecule has 36 heavy (non-hydrogen) atoms. The number of carboxylic acid groups (broad SMARTS) is 1. The molecule has 3 rings (SSSR count). The van der Waals surface area contributed by atoms with E-state index in [-0.39, 0.29) is 23.2 Å².